The molecule has 0 unspecified atom stereocenters. The van der Waals surface area contributed by atoms with Crippen LogP contribution in [-0.4, -0.2) is 6.04 Å². The van der Waals surface area contributed by atoms with Gasteiger partial charge in [-0.1, -0.05) is 43.6 Å². The highest BCUT2D eigenvalue weighted by molar-refractivity contribution is 9.10. The zero-order valence-electron chi connectivity index (χ0n) is 12.9. The van der Waals surface area contributed by atoms with E-state index in [0.717, 1.165) is 12.8 Å². The molecule has 0 saturated carbocycles. The molecular weight excluding hydrogens is 343 g/mol. The fourth-order valence-corrected chi connectivity index (χ4v) is 2.89. The first-order valence-electron chi connectivity index (χ1n) is 7.23. The molecule has 0 atom stereocenters. The first-order valence-corrected chi connectivity index (χ1v) is 8.02. The highest BCUT2D eigenvalue weighted by Crippen LogP contribution is 2.36. The summed E-state index contributed by atoms with van der Waals surface area (Å²) in [6.45, 7) is 8.49. The number of halogens is 4. The van der Waals surface area contributed by atoms with Crippen LogP contribution in [0.25, 0.3) is 0 Å². The fraction of sp³-hybridized carbons (Fsp3) is 0.625. The normalized spacial score (nSPS) is 12.5. The summed E-state index contributed by atoms with van der Waals surface area (Å²) in [5.74, 6) is 0.998. The van der Waals surface area contributed by atoms with Crippen LogP contribution in [0.4, 0.5) is 18.9 Å². The molecule has 1 aromatic rings. The summed E-state index contributed by atoms with van der Waals surface area (Å²) in [6.07, 6.45) is -2.46. The largest absolute Gasteiger partial charge is 0.417 e. The van der Waals surface area contributed by atoms with E-state index in [0.29, 0.717) is 17.5 Å². The lowest BCUT2D eigenvalue weighted by atomic mass is 9.95. The maximum absolute atomic E-state index is 12.9. The summed E-state index contributed by atoms with van der Waals surface area (Å²) in [5, 5.41) is 3.26. The van der Waals surface area contributed by atoms with Gasteiger partial charge in [-0.05, 0) is 42.9 Å². The Morgan fingerprint density at radius 1 is 1.05 bits per heavy atom. The highest BCUT2D eigenvalue weighted by Gasteiger charge is 2.33. The van der Waals surface area contributed by atoms with E-state index in [2.05, 4.69) is 48.9 Å². The molecule has 0 aliphatic rings. The second kappa shape index (κ2) is 7.52. The van der Waals surface area contributed by atoms with Gasteiger partial charge in [0.05, 0.1) is 5.56 Å². The van der Waals surface area contributed by atoms with Gasteiger partial charge in [0.2, 0.25) is 0 Å². The third-order valence-corrected chi connectivity index (χ3v) is 3.85. The highest BCUT2D eigenvalue weighted by atomic mass is 79.9. The van der Waals surface area contributed by atoms with Crippen molar-refractivity contribution < 1.29 is 13.2 Å². The molecule has 21 heavy (non-hydrogen) atoms. The predicted molar refractivity (Wildman–Crippen MR) is 85.5 cm³/mol. The standard InChI is InChI=1S/C16H23BrF3N/c1-10(2)7-13(8-11(3)4)21-12-5-6-15(17)14(9-12)16(18,19)20/h5-6,9-11,13,21H,7-8H2,1-4H3. The maximum atomic E-state index is 12.9. The topological polar surface area (TPSA) is 12.0 Å². The molecule has 0 fully saturated rings. The molecule has 0 spiro atoms. The van der Waals surface area contributed by atoms with Crippen molar-refractivity contribution in [2.24, 2.45) is 11.8 Å². The van der Waals surface area contributed by atoms with Crippen molar-refractivity contribution in [3.63, 3.8) is 0 Å². The van der Waals surface area contributed by atoms with E-state index in [-0.39, 0.29) is 10.5 Å². The van der Waals surface area contributed by atoms with Gasteiger partial charge in [-0.2, -0.15) is 13.2 Å². The molecule has 120 valence electrons. The third kappa shape index (κ3) is 6.29. The van der Waals surface area contributed by atoms with Crippen molar-refractivity contribution >= 4 is 21.6 Å². The number of alkyl halides is 3. The summed E-state index contributed by atoms with van der Waals surface area (Å²) in [5.41, 5.74) is -0.114. The van der Waals surface area contributed by atoms with Gasteiger partial charge in [0.25, 0.3) is 0 Å². The van der Waals surface area contributed by atoms with Gasteiger partial charge in [0.1, 0.15) is 0 Å². The smallest absolute Gasteiger partial charge is 0.382 e. The van der Waals surface area contributed by atoms with Crippen LogP contribution in [0.2, 0.25) is 0 Å². The molecule has 1 nitrogen and oxygen atoms in total. The average Bonchev–Trinajstić information content (AvgIpc) is 2.28. The van der Waals surface area contributed by atoms with Crippen molar-refractivity contribution in [3.8, 4) is 0 Å². The Morgan fingerprint density at radius 3 is 2.00 bits per heavy atom. The van der Waals surface area contributed by atoms with Gasteiger partial charge >= 0.3 is 6.18 Å². The van der Waals surface area contributed by atoms with Crippen LogP contribution in [0.15, 0.2) is 22.7 Å². The minimum Gasteiger partial charge on any atom is -0.382 e. The Balaban J connectivity index is 2.93. The van der Waals surface area contributed by atoms with Crippen molar-refractivity contribution in [2.75, 3.05) is 5.32 Å². The van der Waals surface area contributed by atoms with E-state index in [4.69, 9.17) is 0 Å². The van der Waals surface area contributed by atoms with Gasteiger partial charge in [-0.15, -0.1) is 0 Å². The van der Waals surface area contributed by atoms with E-state index >= 15 is 0 Å². The summed E-state index contributed by atoms with van der Waals surface area (Å²) < 4.78 is 38.9. The van der Waals surface area contributed by atoms with Gasteiger partial charge in [0.15, 0.2) is 0 Å². The van der Waals surface area contributed by atoms with Crippen molar-refractivity contribution in [2.45, 2.75) is 52.8 Å². The number of hydrogen-bond acceptors (Lipinski definition) is 1. The Labute approximate surface area is 133 Å². The van der Waals surface area contributed by atoms with Crippen molar-refractivity contribution in [1.29, 1.82) is 0 Å². The summed E-state index contributed by atoms with van der Waals surface area (Å²) in [7, 11) is 0. The molecule has 0 heterocycles. The van der Waals surface area contributed by atoms with E-state index in [9.17, 15) is 13.2 Å². The first kappa shape index (κ1) is 18.3. The van der Waals surface area contributed by atoms with Crippen LogP contribution in [0, 0.1) is 11.8 Å². The lowest BCUT2D eigenvalue weighted by Crippen LogP contribution is -2.24. The Hall–Kier alpha value is -0.710. The molecule has 0 radical (unpaired) electrons. The number of benzene rings is 1. The predicted octanol–water partition coefficient (Wildman–Crippen LogP) is 6.34. The molecule has 1 aromatic carbocycles. The number of hydrogen-bond donors (Lipinski definition) is 1. The van der Waals surface area contributed by atoms with E-state index in [1.165, 1.54) is 12.1 Å². The minimum absolute atomic E-state index is 0.0739. The number of anilines is 1. The Kier molecular flexibility index (Phi) is 6.57. The quantitative estimate of drug-likeness (QED) is 0.619. The lowest BCUT2D eigenvalue weighted by Gasteiger charge is -2.24. The maximum Gasteiger partial charge on any atom is 0.417 e. The van der Waals surface area contributed by atoms with E-state index < -0.39 is 11.7 Å². The monoisotopic (exact) mass is 365 g/mol. The molecule has 0 saturated heterocycles. The molecule has 0 aliphatic heterocycles. The second-order valence-corrected chi connectivity index (χ2v) is 7.15. The van der Waals surface area contributed by atoms with Gasteiger partial charge in [-0.3, -0.25) is 0 Å². The molecular formula is C16H23BrF3N. The molecule has 1 rings (SSSR count). The number of rotatable bonds is 6. The molecule has 0 aliphatic carbocycles. The SMILES string of the molecule is CC(C)CC(CC(C)C)Nc1ccc(Br)c(C(F)(F)F)c1. The van der Waals surface area contributed by atoms with Crippen LogP contribution in [0.5, 0.6) is 0 Å². The third-order valence-electron chi connectivity index (χ3n) is 3.15. The van der Waals surface area contributed by atoms with E-state index in [1.54, 1.807) is 6.07 Å². The van der Waals surface area contributed by atoms with Gasteiger partial charge < -0.3 is 5.32 Å². The molecule has 0 amide bonds. The molecule has 0 bridgehead atoms. The summed E-state index contributed by atoms with van der Waals surface area (Å²) >= 11 is 2.97. The second-order valence-electron chi connectivity index (χ2n) is 6.29. The number of nitrogens with one attached hydrogen (secondary N) is 1. The van der Waals surface area contributed by atoms with E-state index in [1.807, 2.05) is 0 Å². The van der Waals surface area contributed by atoms with Crippen LogP contribution in [-0.2, 0) is 6.18 Å². The fourth-order valence-electron chi connectivity index (χ4n) is 2.42. The van der Waals surface area contributed by atoms with Crippen LogP contribution in [0.1, 0.15) is 46.1 Å². The van der Waals surface area contributed by atoms with Crippen molar-refractivity contribution in [1.82, 2.24) is 0 Å². The molecule has 0 aromatic heterocycles. The van der Waals surface area contributed by atoms with Gasteiger partial charge in [-0.25, -0.2) is 0 Å². The minimum atomic E-state index is -4.35. The van der Waals surface area contributed by atoms with Crippen LogP contribution >= 0.6 is 15.9 Å². The zero-order valence-corrected chi connectivity index (χ0v) is 14.5. The first-order chi connectivity index (χ1) is 9.59. The van der Waals surface area contributed by atoms with Crippen molar-refractivity contribution in [3.05, 3.63) is 28.2 Å². The summed E-state index contributed by atoms with van der Waals surface area (Å²) in [6, 6.07) is 4.50. The summed E-state index contributed by atoms with van der Waals surface area (Å²) in [4.78, 5) is 0. The van der Waals surface area contributed by atoms with Gasteiger partial charge in [0, 0.05) is 16.2 Å². The lowest BCUT2D eigenvalue weighted by molar-refractivity contribution is -0.138. The molecule has 5 heteroatoms. The average molecular weight is 366 g/mol. The molecule has 1 N–H and O–H groups in total. The Morgan fingerprint density at radius 2 is 1.57 bits per heavy atom. The zero-order chi connectivity index (χ0) is 16.2. The van der Waals surface area contributed by atoms with Crippen LogP contribution < -0.4 is 5.32 Å². The van der Waals surface area contributed by atoms with Crippen LogP contribution in [0.3, 0.4) is 0 Å². The Bertz CT molecular complexity index is 445.